The molecule has 1 N–H and O–H groups in total. The molecule has 0 radical (unpaired) electrons. The van der Waals surface area contributed by atoms with Crippen LogP contribution in [-0.4, -0.2) is 28.0 Å². The van der Waals surface area contributed by atoms with E-state index in [4.69, 9.17) is 23.2 Å². The summed E-state index contributed by atoms with van der Waals surface area (Å²) in [4.78, 5) is 0.141. The zero-order chi connectivity index (χ0) is 15.8. The molecule has 2 heterocycles. The van der Waals surface area contributed by atoms with Crippen molar-refractivity contribution in [3.8, 4) is 0 Å². The molecule has 0 saturated carbocycles. The number of sulfonamides is 1. The Hall–Kier alpha value is -1.09. The average Bonchev–Trinajstić information content (AvgIpc) is 2.93. The Labute approximate surface area is 132 Å². The van der Waals surface area contributed by atoms with Crippen molar-refractivity contribution in [1.82, 2.24) is 24.3 Å². The van der Waals surface area contributed by atoms with Gasteiger partial charge in [0.25, 0.3) is 0 Å². The van der Waals surface area contributed by atoms with Crippen LogP contribution >= 0.6 is 23.2 Å². The smallest absolute Gasteiger partial charge is 0.244 e. The van der Waals surface area contributed by atoms with Crippen molar-refractivity contribution >= 4 is 33.2 Å². The lowest BCUT2D eigenvalue weighted by Crippen LogP contribution is -2.24. The predicted molar refractivity (Wildman–Crippen MR) is 79.9 cm³/mol. The molecule has 2 aromatic rings. The van der Waals surface area contributed by atoms with Crippen LogP contribution in [-0.2, 0) is 30.2 Å². The normalized spacial score (nSPS) is 12.0. The first kappa shape index (κ1) is 16.3. The van der Waals surface area contributed by atoms with Crippen LogP contribution < -0.4 is 4.72 Å². The first-order valence-electron chi connectivity index (χ1n) is 6.16. The highest BCUT2D eigenvalue weighted by atomic mass is 35.5. The molecular formula is C11H15Cl2N5O2S. The molecule has 0 aliphatic carbocycles. The van der Waals surface area contributed by atoms with Gasteiger partial charge in [-0.05, 0) is 13.8 Å². The van der Waals surface area contributed by atoms with Crippen LogP contribution in [0.3, 0.4) is 0 Å². The van der Waals surface area contributed by atoms with E-state index in [-0.39, 0.29) is 21.6 Å². The van der Waals surface area contributed by atoms with E-state index in [1.165, 1.54) is 10.9 Å². The summed E-state index contributed by atoms with van der Waals surface area (Å²) in [5.41, 5.74) is 0.808. The molecule has 0 amide bonds. The third kappa shape index (κ3) is 3.23. The second-order valence-corrected chi connectivity index (χ2v) is 6.91. The number of halogens is 2. The molecule has 0 aliphatic rings. The molecule has 0 saturated heterocycles. The second kappa shape index (κ2) is 5.96. The summed E-state index contributed by atoms with van der Waals surface area (Å²) in [6, 6.07) is 0. The van der Waals surface area contributed by atoms with E-state index in [9.17, 15) is 8.42 Å². The molecule has 2 aromatic heterocycles. The summed E-state index contributed by atoms with van der Waals surface area (Å²) >= 11 is 11.9. The summed E-state index contributed by atoms with van der Waals surface area (Å²) in [5.74, 6) is 0. The number of nitrogens with zero attached hydrogens (tertiary/aromatic N) is 4. The third-order valence-corrected chi connectivity index (χ3v) is 5.37. The summed E-state index contributed by atoms with van der Waals surface area (Å²) in [6.45, 7) is 4.08. The first-order chi connectivity index (χ1) is 9.76. The summed E-state index contributed by atoms with van der Waals surface area (Å²) in [7, 11) is -2.06. The topological polar surface area (TPSA) is 81.8 Å². The minimum atomic E-state index is -3.68. The Kier molecular flexibility index (Phi) is 4.62. The van der Waals surface area contributed by atoms with Gasteiger partial charge >= 0.3 is 0 Å². The molecule has 21 heavy (non-hydrogen) atoms. The zero-order valence-electron chi connectivity index (χ0n) is 11.8. The SMILES string of the molecule is CCn1cc(S(=O)(=O)NCc2nn(C)c(Cl)c2Cl)c(C)n1. The van der Waals surface area contributed by atoms with Crippen LogP contribution in [0.25, 0.3) is 0 Å². The fraction of sp³-hybridized carbons (Fsp3) is 0.455. The van der Waals surface area contributed by atoms with Crippen molar-refractivity contribution in [3.63, 3.8) is 0 Å². The average molecular weight is 352 g/mol. The van der Waals surface area contributed by atoms with Crippen molar-refractivity contribution < 1.29 is 8.42 Å². The summed E-state index contributed by atoms with van der Waals surface area (Å²) in [5, 5.41) is 8.68. The molecule has 0 unspecified atom stereocenters. The fourth-order valence-corrected chi connectivity index (χ4v) is 3.36. The highest BCUT2D eigenvalue weighted by Crippen LogP contribution is 2.25. The number of aromatic nitrogens is 4. The summed E-state index contributed by atoms with van der Waals surface area (Å²) < 4.78 is 30.0. The number of hydrogen-bond donors (Lipinski definition) is 1. The third-order valence-electron chi connectivity index (χ3n) is 2.93. The Morgan fingerprint density at radius 2 is 2.00 bits per heavy atom. The van der Waals surface area contributed by atoms with Crippen LogP contribution in [0.5, 0.6) is 0 Å². The molecule has 0 aromatic carbocycles. The van der Waals surface area contributed by atoms with Crippen LogP contribution in [0.15, 0.2) is 11.1 Å². The number of aryl methyl sites for hydroxylation is 3. The van der Waals surface area contributed by atoms with Crippen molar-refractivity contribution in [2.45, 2.75) is 31.8 Å². The minimum absolute atomic E-state index is 0.0432. The van der Waals surface area contributed by atoms with Crippen LogP contribution in [0.1, 0.15) is 18.3 Å². The maximum Gasteiger partial charge on any atom is 0.244 e. The largest absolute Gasteiger partial charge is 0.271 e. The molecule has 0 spiro atoms. The Bertz CT molecular complexity index is 766. The number of nitrogens with one attached hydrogen (secondary N) is 1. The van der Waals surface area contributed by atoms with Crippen LogP contribution in [0.2, 0.25) is 10.2 Å². The lowest BCUT2D eigenvalue weighted by molar-refractivity contribution is 0.578. The van der Waals surface area contributed by atoms with Gasteiger partial charge in [0, 0.05) is 19.8 Å². The fourth-order valence-electron chi connectivity index (χ4n) is 1.81. The molecule has 0 fully saturated rings. The van der Waals surface area contributed by atoms with Crippen LogP contribution in [0, 0.1) is 6.92 Å². The van der Waals surface area contributed by atoms with Crippen molar-refractivity contribution in [2.24, 2.45) is 7.05 Å². The Morgan fingerprint density at radius 3 is 2.48 bits per heavy atom. The zero-order valence-corrected chi connectivity index (χ0v) is 14.1. The lowest BCUT2D eigenvalue weighted by Gasteiger charge is -2.04. The number of rotatable bonds is 5. The van der Waals surface area contributed by atoms with E-state index in [0.717, 1.165) is 0 Å². The molecule has 7 nitrogen and oxygen atoms in total. The standard InChI is InChI=1S/C11H15Cl2N5O2S/c1-4-18-6-9(7(2)15-18)21(19,20)14-5-8-10(12)11(13)17(3)16-8/h6,14H,4-5H2,1-3H3. The maximum absolute atomic E-state index is 12.3. The van der Waals surface area contributed by atoms with Gasteiger partial charge in [-0.15, -0.1) is 0 Å². The Balaban J connectivity index is 2.21. The van der Waals surface area contributed by atoms with Gasteiger partial charge in [-0.25, -0.2) is 13.1 Å². The predicted octanol–water partition coefficient (Wildman–Crippen LogP) is 1.73. The van der Waals surface area contributed by atoms with Gasteiger partial charge in [-0.3, -0.25) is 9.36 Å². The van der Waals surface area contributed by atoms with Gasteiger partial charge in [-0.1, -0.05) is 23.2 Å². The molecule has 116 valence electrons. The highest BCUT2D eigenvalue weighted by molar-refractivity contribution is 7.89. The van der Waals surface area contributed by atoms with E-state index < -0.39 is 10.0 Å². The van der Waals surface area contributed by atoms with Gasteiger partial charge in [0.05, 0.1) is 17.9 Å². The van der Waals surface area contributed by atoms with Crippen molar-refractivity contribution in [2.75, 3.05) is 0 Å². The maximum atomic E-state index is 12.3. The molecule has 10 heteroatoms. The summed E-state index contributed by atoms with van der Waals surface area (Å²) in [6.07, 6.45) is 1.49. The molecular weight excluding hydrogens is 337 g/mol. The van der Waals surface area contributed by atoms with Gasteiger partial charge < -0.3 is 0 Å². The van der Waals surface area contributed by atoms with E-state index in [0.29, 0.717) is 17.9 Å². The monoisotopic (exact) mass is 351 g/mol. The molecule has 0 atom stereocenters. The van der Waals surface area contributed by atoms with Gasteiger partial charge in [0.1, 0.15) is 15.1 Å². The van der Waals surface area contributed by atoms with E-state index in [1.54, 1.807) is 18.7 Å². The Morgan fingerprint density at radius 1 is 1.33 bits per heavy atom. The minimum Gasteiger partial charge on any atom is -0.271 e. The van der Waals surface area contributed by atoms with Crippen LogP contribution in [0.4, 0.5) is 0 Å². The highest BCUT2D eigenvalue weighted by Gasteiger charge is 2.21. The molecule has 0 aliphatic heterocycles. The van der Waals surface area contributed by atoms with Gasteiger partial charge in [0.15, 0.2) is 0 Å². The van der Waals surface area contributed by atoms with Gasteiger partial charge in [0.2, 0.25) is 10.0 Å². The second-order valence-electron chi connectivity index (χ2n) is 4.43. The lowest BCUT2D eigenvalue weighted by atomic mass is 10.4. The van der Waals surface area contributed by atoms with E-state index in [2.05, 4.69) is 14.9 Å². The molecule has 0 bridgehead atoms. The van der Waals surface area contributed by atoms with E-state index in [1.807, 2.05) is 6.92 Å². The van der Waals surface area contributed by atoms with Gasteiger partial charge in [-0.2, -0.15) is 10.2 Å². The quantitative estimate of drug-likeness (QED) is 0.889. The van der Waals surface area contributed by atoms with E-state index >= 15 is 0 Å². The van der Waals surface area contributed by atoms with Crippen molar-refractivity contribution in [3.05, 3.63) is 27.8 Å². The molecule has 2 rings (SSSR count). The van der Waals surface area contributed by atoms with Crippen molar-refractivity contribution in [1.29, 1.82) is 0 Å². The number of hydrogen-bond acceptors (Lipinski definition) is 4. The first-order valence-corrected chi connectivity index (χ1v) is 8.40.